The third-order valence-electron chi connectivity index (χ3n) is 4.45. The fourth-order valence-corrected chi connectivity index (χ4v) is 3.48. The molecule has 4 nitrogen and oxygen atoms in total. The predicted molar refractivity (Wildman–Crippen MR) is 98.5 cm³/mol. The molecule has 2 N–H and O–H groups in total. The van der Waals surface area contributed by atoms with Crippen molar-refractivity contribution in [3.05, 3.63) is 63.1 Å². The van der Waals surface area contributed by atoms with Gasteiger partial charge in [0, 0.05) is 16.1 Å². The van der Waals surface area contributed by atoms with Crippen LogP contribution in [0.3, 0.4) is 0 Å². The maximum Gasteiger partial charge on any atom is 0.261 e. The van der Waals surface area contributed by atoms with E-state index >= 15 is 0 Å². The summed E-state index contributed by atoms with van der Waals surface area (Å²) in [6, 6.07) is 10.2. The summed E-state index contributed by atoms with van der Waals surface area (Å²) < 4.78 is 0. The highest BCUT2D eigenvalue weighted by Crippen LogP contribution is 2.46. The van der Waals surface area contributed by atoms with E-state index in [0.29, 0.717) is 11.5 Å². The highest BCUT2D eigenvalue weighted by molar-refractivity contribution is 6.38. The number of carbonyl (C=O) groups is 2. The van der Waals surface area contributed by atoms with Crippen molar-refractivity contribution in [3.8, 4) is 0 Å². The van der Waals surface area contributed by atoms with E-state index < -0.39 is 17.9 Å². The van der Waals surface area contributed by atoms with Gasteiger partial charge in [0.1, 0.15) is 0 Å². The number of rotatable bonds is 4. The first-order chi connectivity index (χ1) is 11.7. The van der Waals surface area contributed by atoms with E-state index in [1.165, 1.54) is 12.1 Å². The third kappa shape index (κ3) is 3.06. The summed E-state index contributed by atoms with van der Waals surface area (Å²) in [4.78, 5) is 25.0. The summed E-state index contributed by atoms with van der Waals surface area (Å²) in [6.45, 7) is 4.12. The Morgan fingerprint density at radius 3 is 2.32 bits per heavy atom. The van der Waals surface area contributed by atoms with Crippen molar-refractivity contribution in [3.63, 3.8) is 0 Å². The minimum Gasteiger partial charge on any atom is -0.375 e. The molecule has 0 fully saturated rings. The number of halogens is 2. The number of anilines is 1. The normalized spacial score (nSPS) is 19.0. The van der Waals surface area contributed by atoms with Crippen LogP contribution in [0.5, 0.6) is 0 Å². The largest absolute Gasteiger partial charge is 0.375 e. The third-order valence-corrected chi connectivity index (χ3v) is 5.08. The topological polar surface area (TPSA) is 66.4 Å². The molecule has 130 valence electrons. The molecule has 1 atom stereocenters. The number of ketones is 1. The quantitative estimate of drug-likeness (QED) is 0.769. The van der Waals surface area contributed by atoms with Gasteiger partial charge in [-0.15, -0.1) is 0 Å². The van der Waals surface area contributed by atoms with Gasteiger partial charge in [-0.3, -0.25) is 9.59 Å². The van der Waals surface area contributed by atoms with Gasteiger partial charge in [-0.1, -0.05) is 61.3 Å². The summed E-state index contributed by atoms with van der Waals surface area (Å²) in [7, 11) is 0. The molecule has 0 aromatic heterocycles. The Labute approximate surface area is 155 Å². The van der Waals surface area contributed by atoms with Gasteiger partial charge in [-0.05, 0) is 23.6 Å². The second-order valence-electron chi connectivity index (χ2n) is 6.47. The van der Waals surface area contributed by atoms with Crippen LogP contribution in [0.4, 0.5) is 5.69 Å². The van der Waals surface area contributed by atoms with E-state index in [1.54, 1.807) is 12.1 Å². The number of amides is 1. The number of benzene rings is 2. The summed E-state index contributed by atoms with van der Waals surface area (Å²) in [5.41, 5.74) is -0.0970. The zero-order valence-electron chi connectivity index (χ0n) is 13.8. The predicted octanol–water partition coefficient (Wildman–Crippen LogP) is 4.53. The maximum atomic E-state index is 12.6. The van der Waals surface area contributed by atoms with Gasteiger partial charge in [0.25, 0.3) is 5.91 Å². The van der Waals surface area contributed by atoms with Gasteiger partial charge in [-0.25, -0.2) is 0 Å². The summed E-state index contributed by atoms with van der Waals surface area (Å²) >= 11 is 12.2. The lowest BCUT2D eigenvalue weighted by molar-refractivity contribution is -0.133. The molecule has 0 saturated heterocycles. The van der Waals surface area contributed by atoms with Crippen LogP contribution in [-0.4, -0.2) is 16.8 Å². The highest BCUT2D eigenvalue weighted by atomic mass is 35.5. The monoisotopic (exact) mass is 377 g/mol. The maximum absolute atomic E-state index is 12.6. The molecule has 2 aromatic carbocycles. The molecule has 0 radical (unpaired) electrons. The molecule has 0 spiro atoms. The summed E-state index contributed by atoms with van der Waals surface area (Å²) in [6.07, 6.45) is -0.410. The molecule has 0 aliphatic carbocycles. The van der Waals surface area contributed by atoms with Gasteiger partial charge in [-0.2, -0.15) is 0 Å². The van der Waals surface area contributed by atoms with Crippen molar-refractivity contribution in [2.75, 3.05) is 5.32 Å². The Balaban J connectivity index is 1.94. The molecule has 0 unspecified atom stereocenters. The minimum atomic E-state index is -2.04. The molecular formula is C19H17Cl2NO3. The first-order valence-electron chi connectivity index (χ1n) is 7.89. The summed E-state index contributed by atoms with van der Waals surface area (Å²) in [5.74, 6) is -0.705. The van der Waals surface area contributed by atoms with Crippen molar-refractivity contribution in [2.45, 2.75) is 31.8 Å². The Kier molecular flexibility index (Phi) is 4.62. The van der Waals surface area contributed by atoms with Crippen molar-refractivity contribution in [1.29, 1.82) is 0 Å². The number of fused-ring (bicyclic) bond motifs is 1. The van der Waals surface area contributed by atoms with E-state index in [2.05, 4.69) is 19.2 Å². The van der Waals surface area contributed by atoms with Crippen LogP contribution in [-0.2, 0) is 10.4 Å². The Bertz CT molecular complexity index is 862. The number of carbonyl (C=O) groups excluding carboxylic acids is 2. The van der Waals surface area contributed by atoms with Crippen molar-refractivity contribution >= 4 is 40.6 Å². The minimum absolute atomic E-state index is 0.152. The molecule has 1 aliphatic rings. The average molecular weight is 378 g/mol. The fourth-order valence-electron chi connectivity index (χ4n) is 2.97. The molecule has 25 heavy (non-hydrogen) atoms. The highest BCUT2D eigenvalue weighted by Gasteiger charge is 2.49. The SMILES string of the molecule is CC(C)c1ccc(C(=O)C[C@@]2(O)C(=O)Nc3c(Cl)ccc(Cl)c32)cc1. The van der Waals surface area contributed by atoms with Crippen molar-refractivity contribution in [1.82, 2.24) is 0 Å². The fraction of sp³-hybridized carbons (Fsp3) is 0.263. The van der Waals surface area contributed by atoms with E-state index in [-0.39, 0.29) is 27.1 Å². The molecule has 3 rings (SSSR count). The zero-order chi connectivity index (χ0) is 18.4. The molecular weight excluding hydrogens is 361 g/mol. The Morgan fingerprint density at radius 1 is 1.12 bits per heavy atom. The van der Waals surface area contributed by atoms with Crippen LogP contribution in [0.1, 0.15) is 47.7 Å². The van der Waals surface area contributed by atoms with Gasteiger partial charge >= 0.3 is 0 Å². The number of Topliss-reactive ketones (excluding diaryl/α,β-unsaturated/α-hetero) is 1. The van der Waals surface area contributed by atoms with E-state index in [1.807, 2.05) is 12.1 Å². The molecule has 1 heterocycles. The van der Waals surface area contributed by atoms with Gasteiger partial charge in [0.2, 0.25) is 0 Å². The van der Waals surface area contributed by atoms with E-state index in [4.69, 9.17) is 23.2 Å². The van der Waals surface area contributed by atoms with Crippen LogP contribution in [0.15, 0.2) is 36.4 Å². The Hall–Kier alpha value is -1.88. The van der Waals surface area contributed by atoms with Crippen LogP contribution in [0, 0.1) is 0 Å². The lowest BCUT2D eigenvalue weighted by atomic mass is 9.87. The van der Waals surface area contributed by atoms with Crippen LogP contribution in [0.25, 0.3) is 0 Å². The lowest BCUT2D eigenvalue weighted by Crippen LogP contribution is -2.36. The average Bonchev–Trinajstić information content (AvgIpc) is 2.83. The first-order valence-corrected chi connectivity index (χ1v) is 8.65. The number of hydrogen-bond donors (Lipinski definition) is 2. The standard InChI is InChI=1S/C19H17Cl2NO3/c1-10(2)11-3-5-12(6-4-11)15(23)9-19(25)16-13(20)7-8-14(21)17(16)22-18(19)24/h3-8,10,25H,9H2,1-2H3,(H,22,24)/t19-/m0/s1. The Morgan fingerprint density at radius 2 is 1.72 bits per heavy atom. The van der Waals surface area contributed by atoms with Crippen LogP contribution in [0.2, 0.25) is 10.0 Å². The number of nitrogens with one attached hydrogen (secondary N) is 1. The van der Waals surface area contributed by atoms with E-state index in [9.17, 15) is 14.7 Å². The second kappa shape index (κ2) is 6.45. The number of hydrogen-bond acceptors (Lipinski definition) is 3. The molecule has 1 aliphatic heterocycles. The lowest BCUT2D eigenvalue weighted by Gasteiger charge is -2.21. The van der Waals surface area contributed by atoms with Crippen molar-refractivity contribution in [2.24, 2.45) is 0 Å². The molecule has 0 saturated carbocycles. The second-order valence-corrected chi connectivity index (χ2v) is 7.28. The zero-order valence-corrected chi connectivity index (χ0v) is 15.3. The molecule has 2 aromatic rings. The van der Waals surface area contributed by atoms with Gasteiger partial charge in [0.05, 0.1) is 17.1 Å². The van der Waals surface area contributed by atoms with E-state index in [0.717, 1.165) is 5.56 Å². The number of aliphatic hydroxyl groups is 1. The molecule has 1 amide bonds. The van der Waals surface area contributed by atoms with Gasteiger partial charge < -0.3 is 10.4 Å². The molecule has 6 heteroatoms. The van der Waals surface area contributed by atoms with Crippen LogP contribution < -0.4 is 5.32 Å². The van der Waals surface area contributed by atoms with Gasteiger partial charge in [0.15, 0.2) is 11.4 Å². The van der Waals surface area contributed by atoms with Crippen LogP contribution >= 0.6 is 23.2 Å². The molecule has 0 bridgehead atoms. The first kappa shape index (κ1) is 17.9. The smallest absolute Gasteiger partial charge is 0.261 e. The summed E-state index contributed by atoms with van der Waals surface area (Å²) in [5, 5.41) is 13.9. The van der Waals surface area contributed by atoms with Crippen molar-refractivity contribution < 1.29 is 14.7 Å².